The van der Waals surface area contributed by atoms with Crippen LogP contribution in [0.1, 0.15) is 88.8 Å². The summed E-state index contributed by atoms with van der Waals surface area (Å²) in [7, 11) is 0. The van der Waals surface area contributed by atoms with E-state index in [-0.39, 0.29) is 5.43 Å². The molecule has 0 unspecified atom stereocenters. The van der Waals surface area contributed by atoms with Crippen LogP contribution in [0.3, 0.4) is 0 Å². The fourth-order valence-corrected chi connectivity index (χ4v) is 3.46. The maximum atomic E-state index is 13.0. The van der Waals surface area contributed by atoms with Crippen LogP contribution in [-0.4, -0.2) is 0 Å². The second kappa shape index (κ2) is 10.4. The van der Waals surface area contributed by atoms with Crippen LogP contribution >= 0.6 is 0 Å². The quantitative estimate of drug-likeness (QED) is 0.431. The van der Waals surface area contributed by atoms with Gasteiger partial charge in [-0.3, -0.25) is 4.79 Å². The molecule has 2 heteroatoms. The first-order valence-corrected chi connectivity index (χ1v) is 10.3. The van der Waals surface area contributed by atoms with Gasteiger partial charge in [-0.05, 0) is 55.7 Å². The molecule has 1 aromatic heterocycles. The molecule has 0 atom stereocenters. The third-order valence-electron chi connectivity index (χ3n) is 5.01. The van der Waals surface area contributed by atoms with Crippen molar-refractivity contribution in [2.75, 3.05) is 0 Å². The van der Waals surface area contributed by atoms with E-state index in [9.17, 15) is 4.79 Å². The smallest absolute Gasteiger partial charge is 0.196 e. The lowest BCUT2D eigenvalue weighted by Crippen LogP contribution is -2.11. The van der Waals surface area contributed by atoms with Crippen molar-refractivity contribution in [3.63, 3.8) is 0 Å². The molecule has 0 aliphatic carbocycles. The van der Waals surface area contributed by atoms with E-state index in [0.717, 1.165) is 61.5 Å². The number of rotatable bonds is 11. The summed E-state index contributed by atoms with van der Waals surface area (Å²) in [5.41, 5.74) is 4.33. The molecule has 0 radical (unpaired) electrons. The zero-order valence-electron chi connectivity index (χ0n) is 16.3. The highest BCUT2D eigenvalue weighted by atomic mass is 16.3. The highest BCUT2D eigenvalue weighted by molar-refractivity contribution is 5.81. The van der Waals surface area contributed by atoms with Gasteiger partial charge in [-0.25, -0.2) is 0 Å². The van der Waals surface area contributed by atoms with Gasteiger partial charge >= 0.3 is 0 Å². The van der Waals surface area contributed by atoms with Gasteiger partial charge in [0.15, 0.2) is 5.43 Å². The Morgan fingerprint density at radius 3 is 2.08 bits per heavy atom. The zero-order chi connectivity index (χ0) is 18.1. The summed E-state index contributed by atoms with van der Waals surface area (Å²) in [6.45, 7) is 6.62. The van der Waals surface area contributed by atoms with Crippen molar-refractivity contribution in [2.24, 2.45) is 0 Å². The van der Waals surface area contributed by atoms with E-state index < -0.39 is 0 Å². The summed E-state index contributed by atoms with van der Waals surface area (Å²) >= 11 is 0. The molecular weight excluding hydrogens is 308 g/mol. The molecule has 0 aliphatic rings. The lowest BCUT2D eigenvalue weighted by Gasteiger charge is -2.10. The summed E-state index contributed by atoms with van der Waals surface area (Å²) in [6.07, 6.45) is 13.9. The van der Waals surface area contributed by atoms with Crippen LogP contribution in [0.5, 0.6) is 0 Å². The first-order chi connectivity index (χ1) is 12.2. The maximum Gasteiger partial charge on any atom is 0.196 e. The number of hydrogen-bond acceptors (Lipinski definition) is 2. The molecule has 0 bridgehead atoms. The second-order valence-corrected chi connectivity index (χ2v) is 7.24. The molecule has 0 saturated heterocycles. The van der Waals surface area contributed by atoms with Gasteiger partial charge in [0, 0.05) is 5.56 Å². The molecule has 0 saturated carbocycles. The Balaban J connectivity index is 2.38. The van der Waals surface area contributed by atoms with E-state index in [1.165, 1.54) is 36.8 Å². The van der Waals surface area contributed by atoms with Crippen molar-refractivity contribution in [2.45, 2.75) is 91.4 Å². The molecule has 0 fully saturated rings. The van der Waals surface area contributed by atoms with Gasteiger partial charge in [-0.1, -0.05) is 58.9 Å². The molecule has 2 nitrogen and oxygen atoms in total. The van der Waals surface area contributed by atoms with Crippen LogP contribution in [0.2, 0.25) is 0 Å². The molecule has 0 spiro atoms. The third kappa shape index (κ3) is 5.45. The summed E-state index contributed by atoms with van der Waals surface area (Å²) in [4.78, 5) is 13.0. The lowest BCUT2D eigenvalue weighted by atomic mass is 9.96. The van der Waals surface area contributed by atoms with Crippen molar-refractivity contribution in [1.82, 2.24) is 0 Å². The average molecular weight is 343 g/mol. The van der Waals surface area contributed by atoms with Crippen LogP contribution in [0.4, 0.5) is 0 Å². The van der Waals surface area contributed by atoms with Crippen LogP contribution in [-0.2, 0) is 19.3 Å². The Bertz CT molecular complexity index is 712. The van der Waals surface area contributed by atoms with Gasteiger partial charge in [0.1, 0.15) is 5.58 Å². The van der Waals surface area contributed by atoms with Gasteiger partial charge in [0.2, 0.25) is 0 Å². The third-order valence-corrected chi connectivity index (χ3v) is 5.01. The Hall–Kier alpha value is -1.57. The van der Waals surface area contributed by atoms with E-state index in [1.54, 1.807) is 6.26 Å². The van der Waals surface area contributed by atoms with E-state index in [2.05, 4.69) is 32.9 Å². The fraction of sp³-hybridized carbons (Fsp3) is 0.609. The molecule has 1 aromatic carbocycles. The fourth-order valence-electron chi connectivity index (χ4n) is 3.46. The van der Waals surface area contributed by atoms with Crippen molar-refractivity contribution in [3.8, 4) is 0 Å². The number of unbranched alkanes of at least 4 members (excludes halogenated alkanes) is 5. The highest BCUT2D eigenvalue weighted by Gasteiger charge is 2.13. The van der Waals surface area contributed by atoms with Crippen LogP contribution < -0.4 is 5.43 Å². The van der Waals surface area contributed by atoms with Crippen LogP contribution in [0, 0.1) is 0 Å². The molecule has 0 amide bonds. The van der Waals surface area contributed by atoms with Crippen molar-refractivity contribution < 1.29 is 4.42 Å². The molecule has 0 N–H and O–H groups in total. The molecule has 0 aliphatic heterocycles. The molecular formula is C23H34O2. The second-order valence-electron chi connectivity index (χ2n) is 7.24. The highest BCUT2D eigenvalue weighted by Crippen LogP contribution is 2.23. The monoisotopic (exact) mass is 342 g/mol. The first kappa shape index (κ1) is 19.8. The average Bonchev–Trinajstić information content (AvgIpc) is 2.62. The Morgan fingerprint density at radius 1 is 0.760 bits per heavy atom. The standard InChI is InChI=1S/C23H34O2/c1-4-7-10-12-18-15-19(13-9-6-3)22-21(16-18)25-17-20(23(22)24)14-11-8-5-2/h15-17H,4-14H2,1-3H3. The SMILES string of the molecule is CCCCCc1cc(CCCC)c2c(=O)c(CCCCC)coc2c1. The Kier molecular flexibility index (Phi) is 8.24. The lowest BCUT2D eigenvalue weighted by molar-refractivity contribution is 0.585. The number of aryl methyl sites for hydroxylation is 3. The summed E-state index contributed by atoms with van der Waals surface area (Å²) in [5.74, 6) is 0. The molecule has 1 heterocycles. The van der Waals surface area contributed by atoms with Crippen LogP contribution in [0.25, 0.3) is 11.0 Å². The number of hydrogen-bond donors (Lipinski definition) is 0. The summed E-state index contributed by atoms with van der Waals surface area (Å²) < 4.78 is 5.92. The van der Waals surface area contributed by atoms with Gasteiger partial charge in [-0.2, -0.15) is 0 Å². The molecule has 25 heavy (non-hydrogen) atoms. The van der Waals surface area contributed by atoms with Crippen molar-refractivity contribution >= 4 is 11.0 Å². The Labute approximate surface area is 152 Å². The van der Waals surface area contributed by atoms with Crippen LogP contribution in [0.15, 0.2) is 27.6 Å². The minimum atomic E-state index is 0.198. The topological polar surface area (TPSA) is 30.2 Å². The van der Waals surface area contributed by atoms with Crippen molar-refractivity contribution in [3.05, 3.63) is 45.3 Å². The maximum absolute atomic E-state index is 13.0. The Morgan fingerprint density at radius 2 is 1.40 bits per heavy atom. The largest absolute Gasteiger partial charge is 0.464 e. The zero-order valence-corrected chi connectivity index (χ0v) is 16.3. The summed E-state index contributed by atoms with van der Waals surface area (Å²) in [5, 5.41) is 0.835. The normalized spacial score (nSPS) is 11.3. The molecule has 138 valence electrons. The summed E-state index contributed by atoms with van der Waals surface area (Å²) in [6, 6.07) is 4.36. The number of benzene rings is 1. The van der Waals surface area contributed by atoms with E-state index >= 15 is 0 Å². The van der Waals surface area contributed by atoms with E-state index in [1.807, 2.05) is 0 Å². The predicted molar refractivity (Wildman–Crippen MR) is 108 cm³/mol. The van der Waals surface area contributed by atoms with Gasteiger partial charge in [-0.15, -0.1) is 0 Å². The van der Waals surface area contributed by atoms with Gasteiger partial charge in [0.25, 0.3) is 0 Å². The molecule has 2 rings (SSSR count). The minimum absolute atomic E-state index is 0.198. The number of fused-ring (bicyclic) bond motifs is 1. The van der Waals surface area contributed by atoms with E-state index in [4.69, 9.17) is 4.42 Å². The van der Waals surface area contributed by atoms with E-state index in [0.29, 0.717) is 0 Å². The predicted octanol–water partition coefficient (Wildman–Crippen LogP) is 6.60. The first-order valence-electron chi connectivity index (χ1n) is 10.3. The van der Waals surface area contributed by atoms with Crippen molar-refractivity contribution in [1.29, 1.82) is 0 Å². The molecule has 2 aromatic rings. The minimum Gasteiger partial charge on any atom is -0.464 e. The van der Waals surface area contributed by atoms with Gasteiger partial charge in [0.05, 0.1) is 11.6 Å². The van der Waals surface area contributed by atoms with Gasteiger partial charge < -0.3 is 4.42 Å².